The summed E-state index contributed by atoms with van der Waals surface area (Å²) in [5.41, 5.74) is 4.18. The Morgan fingerprint density at radius 1 is 1.00 bits per heavy atom. The predicted molar refractivity (Wildman–Crippen MR) is 144 cm³/mol. The van der Waals surface area contributed by atoms with Crippen molar-refractivity contribution in [1.82, 2.24) is 9.88 Å². The summed E-state index contributed by atoms with van der Waals surface area (Å²) in [5, 5.41) is 6.16. The molecule has 0 bridgehead atoms. The zero-order valence-corrected chi connectivity index (χ0v) is 21.2. The molecule has 1 aromatic heterocycles. The summed E-state index contributed by atoms with van der Waals surface area (Å²) in [6.45, 7) is 2.87. The smallest absolute Gasteiger partial charge is 0.356 e. The molecule has 0 spiro atoms. The van der Waals surface area contributed by atoms with Crippen LogP contribution in [0.2, 0.25) is 0 Å². The minimum absolute atomic E-state index is 0.0400. The van der Waals surface area contributed by atoms with Crippen LogP contribution >= 0.6 is 0 Å². The van der Waals surface area contributed by atoms with E-state index >= 15 is 0 Å². The number of likely N-dealkylation sites (N-methyl/N-ethyl adjacent to an activating group) is 2. The topological polar surface area (TPSA) is 104 Å². The van der Waals surface area contributed by atoms with Gasteiger partial charge in [-0.1, -0.05) is 30.3 Å². The molecule has 0 aliphatic carbocycles. The molecule has 190 valence electrons. The van der Waals surface area contributed by atoms with Crippen molar-refractivity contribution in [3.8, 4) is 0 Å². The maximum Gasteiger partial charge on any atom is 0.356 e. The average molecular weight is 500 g/mol. The summed E-state index contributed by atoms with van der Waals surface area (Å²) in [7, 11) is 4.94. The van der Waals surface area contributed by atoms with Gasteiger partial charge >= 0.3 is 5.97 Å². The number of hydrogen-bond acceptors (Lipinski definition) is 7. The van der Waals surface area contributed by atoms with Crippen LogP contribution in [0, 0.1) is 0 Å². The highest BCUT2D eigenvalue weighted by molar-refractivity contribution is 6.37. The number of amides is 2. The molecule has 2 heterocycles. The van der Waals surface area contributed by atoms with Gasteiger partial charge in [0.25, 0.3) is 5.91 Å². The maximum absolute atomic E-state index is 13.1. The Labute approximate surface area is 215 Å². The van der Waals surface area contributed by atoms with E-state index in [2.05, 4.69) is 15.6 Å². The van der Waals surface area contributed by atoms with Gasteiger partial charge in [-0.3, -0.25) is 9.59 Å². The highest BCUT2D eigenvalue weighted by atomic mass is 16.5. The fraction of sp³-hybridized carbons (Fsp3) is 0.214. The van der Waals surface area contributed by atoms with Crippen molar-refractivity contribution in [1.29, 1.82) is 0 Å². The minimum atomic E-state index is -0.580. The molecule has 2 N–H and O–H groups in total. The number of hydrogen-bond donors (Lipinski definition) is 2. The number of fused-ring (bicyclic) bond motifs is 1. The normalized spacial score (nSPS) is 13.4. The van der Waals surface area contributed by atoms with Gasteiger partial charge in [0.1, 0.15) is 5.82 Å². The van der Waals surface area contributed by atoms with E-state index in [1.54, 1.807) is 18.0 Å². The second-order valence-electron chi connectivity index (χ2n) is 8.59. The second kappa shape index (κ2) is 10.9. The van der Waals surface area contributed by atoms with Crippen LogP contribution in [-0.2, 0) is 14.3 Å². The van der Waals surface area contributed by atoms with Crippen LogP contribution in [0.5, 0.6) is 0 Å². The average Bonchev–Trinajstić information content (AvgIpc) is 3.25. The predicted octanol–water partition coefficient (Wildman–Crippen LogP) is 3.72. The molecule has 2 amide bonds. The molecule has 37 heavy (non-hydrogen) atoms. The summed E-state index contributed by atoms with van der Waals surface area (Å²) in [6.07, 6.45) is 0. The first-order valence-corrected chi connectivity index (χ1v) is 11.8. The van der Waals surface area contributed by atoms with Crippen molar-refractivity contribution in [3.05, 3.63) is 83.6 Å². The van der Waals surface area contributed by atoms with Crippen LogP contribution in [0.4, 0.5) is 17.2 Å². The largest absolute Gasteiger partial charge is 0.464 e. The fourth-order valence-corrected chi connectivity index (χ4v) is 3.93. The molecule has 9 nitrogen and oxygen atoms in total. The number of pyridine rings is 1. The maximum atomic E-state index is 13.1. The molecule has 3 aromatic rings. The number of ether oxygens (including phenoxy) is 1. The van der Waals surface area contributed by atoms with E-state index in [0.29, 0.717) is 29.2 Å². The van der Waals surface area contributed by atoms with E-state index in [-0.39, 0.29) is 24.1 Å². The first-order chi connectivity index (χ1) is 17.8. The molecule has 9 heteroatoms. The summed E-state index contributed by atoms with van der Waals surface area (Å²) >= 11 is 0. The molecule has 4 rings (SSSR count). The van der Waals surface area contributed by atoms with Crippen LogP contribution in [0.1, 0.15) is 28.5 Å². The molecule has 1 aliphatic rings. The molecule has 0 saturated carbocycles. The lowest BCUT2D eigenvalue weighted by Crippen LogP contribution is -2.36. The van der Waals surface area contributed by atoms with Crippen molar-refractivity contribution in [2.24, 2.45) is 0 Å². The van der Waals surface area contributed by atoms with E-state index in [9.17, 15) is 14.4 Å². The van der Waals surface area contributed by atoms with Gasteiger partial charge < -0.3 is 25.2 Å². The molecular weight excluding hydrogens is 470 g/mol. The lowest BCUT2D eigenvalue weighted by Gasteiger charge is -2.23. The molecule has 1 aliphatic heterocycles. The van der Waals surface area contributed by atoms with Crippen molar-refractivity contribution >= 4 is 46.2 Å². The Morgan fingerprint density at radius 3 is 2.35 bits per heavy atom. The zero-order valence-electron chi connectivity index (χ0n) is 21.2. The Kier molecular flexibility index (Phi) is 7.52. The first-order valence-electron chi connectivity index (χ1n) is 11.8. The third-order valence-corrected chi connectivity index (χ3v) is 6.18. The lowest BCUT2D eigenvalue weighted by atomic mass is 10.0. The minimum Gasteiger partial charge on any atom is -0.464 e. The Bertz CT molecular complexity index is 1350. The zero-order chi connectivity index (χ0) is 26.5. The van der Waals surface area contributed by atoms with E-state index in [0.717, 1.165) is 16.9 Å². The first kappa shape index (κ1) is 25.4. The molecule has 0 fully saturated rings. The standard InChI is InChI=1S/C28H29N5O4/c1-5-32(2)23(34)17-33(3)20-13-11-19(12-14-20)29-25(18-9-7-6-8-10-18)24-21-15-16-22(28(36)37-4)30-26(21)31-27(24)35/h6-16,29H,5,17H2,1-4H3,(H,30,31,35). The van der Waals surface area contributed by atoms with Crippen molar-refractivity contribution in [2.75, 3.05) is 49.8 Å². The molecule has 0 saturated heterocycles. The number of anilines is 3. The quantitative estimate of drug-likeness (QED) is 0.360. The van der Waals surface area contributed by atoms with Gasteiger partial charge in [0, 0.05) is 37.6 Å². The Hall–Kier alpha value is -4.66. The summed E-state index contributed by atoms with van der Waals surface area (Å²) in [5.74, 6) is -0.565. The highest BCUT2D eigenvalue weighted by Gasteiger charge is 2.30. The number of benzene rings is 2. The number of aromatic nitrogens is 1. The molecule has 0 unspecified atom stereocenters. The summed E-state index contributed by atoms with van der Waals surface area (Å²) in [6, 6.07) is 20.4. The number of rotatable bonds is 8. The monoisotopic (exact) mass is 499 g/mol. The van der Waals surface area contributed by atoms with Crippen molar-refractivity contribution in [2.45, 2.75) is 6.92 Å². The Morgan fingerprint density at radius 2 is 1.70 bits per heavy atom. The van der Waals surface area contributed by atoms with Gasteiger partial charge in [0.05, 0.1) is 24.9 Å². The molecule has 0 atom stereocenters. The second-order valence-corrected chi connectivity index (χ2v) is 8.59. The SMILES string of the molecule is CCN(C)C(=O)CN(C)c1ccc(NC(=C2C(=O)Nc3nc(C(=O)OC)ccc32)c2ccccc2)cc1. The number of nitrogens with zero attached hydrogens (tertiary/aromatic N) is 3. The van der Waals surface area contributed by atoms with Gasteiger partial charge in [-0.15, -0.1) is 0 Å². The molecular formula is C28H29N5O4. The van der Waals surface area contributed by atoms with E-state index in [1.807, 2.05) is 73.5 Å². The van der Waals surface area contributed by atoms with Crippen LogP contribution in [0.25, 0.3) is 11.3 Å². The fourth-order valence-electron chi connectivity index (χ4n) is 3.93. The summed E-state index contributed by atoms with van der Waals surface area (Å²) in [4.78, 5) is 45.1. The number of carbonyl (C=O) groups excluding carboxylic acids is 3. The van der Waals surface area contributed by atoms with Crippen LogP contribution in [0.3, 0.4) is 0 Å². The van der Waals surface area contributed by atoms with Gasteiger partial charge in [-0.05, 0) is 48.9 Å². The van der Waals surface area contributed by atoms with E-state index < -0.39 is 5.97 Å². The van der Waals surface area contributed by atoms with Crippen LogP contribution < -0.4 is 15.5 Å². The summed E-state index contributed by atoms with van der Waals surface area (Å²) < 4.78 is 4.75. The number of esters is 1. The van der Waals surface area contributed by atoms with Gasteiger partial charge in [0.15, 0.2) is 5.69 Å². The van der Waals surface area contributed by atoms with Gasteiger partial charge in [-0.25, -0.2) is 9.78 Å². The van der Waals surface area contributed by atoms with Gasteiger partial charge in [-0.2, -0.15) is 0 Å². The molecule has 2 aromatic carbocycles. The van der Waals surface area contributed by atoms with E-state index in [1.165, 1.54) is 13.2 Å². The number of methoxy groups -OCH3 is 1. The van der Waals surface area contributed by atoms with Crippen molar-refractivity contribution in [3.63, 3.8) is 0 Å². The lowest BCUT2D eigenvalue weighted by molar-refractivity contribution is -0.128. The van der Waals surface area contributed by atoms with Gasteiger partial charge in [0.2, 0.25) is 5.91 Å². The number of carbonyl (C=O) groups is 3. The third kappa shape index (κ3) is 5.45. The third-order valence-electron chi connectivity index (χ3n) is 6.18. The Balaban J connectivity index is 1.67. The van der Waals surface area contributed by atoms with Crippen LogP contribution in [0.15, 0.2) is 66.7 Å². The highest BCUT2D eigenvalue weighted by Crippen LogP contribution is 2.37. The van der Waals surface area contributed by atoms with Crippen LogP contribution in [-0.4, -0.2) is 62.0 Å². The van der Waals surface area contributed by atoms with Crippen molar-refractivity contribution < 1.29 is 19.1 Å². The molecule has 0 radical (unpaired) electrons. The van der Waals surface area contributed by atoms with E-state index in [4.69, 9.17) is 4.74 Å². The number of nitrogens with one attached hydrogen (secondary N) is 2.